The van der Waals surface area contributed by atoms with Gasteiger partial charge in [-0.05, 0) is 61.9 Å². The number of carbonyl (C=O) groups is 1. The largest absolute Gasteiger partial charge is 0.349 e. The van der Waals surface area contributed by atoms with E-state index in [0.717, 1.165) is 24.4 Å². The van der Waals surface area contributed by atoms with Gasteiger partial charge in [0.1, 0.15) is 0 Å². The van der Waals surface area contributed by atoms with Crippen LogP contribution in [0.4, 0.5) is 0 Å². The minimum absolute atomic E-state index is 0.0292. The molecule has 1 N–H and O–H groups in total. The number of benzene rings is 1. The van der Waals surface area contributed by atoms with E-state index >= 15 is 0 Å². The van der Waals surface area contributed by atoms with Crippen LogP contribution in [0.25, 0.3) is 5.69 Å². The van der Waals surface area contributed by atoms with Crippen LogP contribution in [0, 0.1) is 5.92 Å². The maximum absolute atomic E-state index is 12.3. The van der Waals surface area contributed by atoms with Crippen molar-refractivity contribution in [3.05, 3.63) is 48.3 Å². The first kappa shape index (κ1) is 13.9. The smallest absolute Gasteiger partial charge is 0.251 e. The normalized spacial score (nSPS) is 22.0. The molecular weight excluding hydrogens is 262 g/mol. The maximum Gasteiger partial charge on any atom is 0.251 e. The van der Waals surface area contributed by atoms with Gasteiger partial charge < -0.3 is 5.32 Å². The van der Waals surface area contributed by atoms with Crippen LogP contribution >= 0.6 is 0 Å². The third kappa shape index (κ3) is 3.32. The number of nitrogens with zero attached hydrogens (tertiary/aromatic N) is 2. The molecule has 21 heavy (non-hydrogen) atoms. The highest BCUT2D eigenvalue weighted by molar-refractivity contribution is 5.94. The van der Waals surface area contributed by atoms with Gasteiger partial charge in [-0.3, -0.25) is 4.79 Å². The summed E-state index contributed by atoms with van der Waals surface area (Å²) in [6, 6.07) is 9.77. The maximum atomic E-state index is 12.3. The van der Waals surface area contributed by atoms with Crippen LogP contribution in [-0.4, -0.2) is 21.7 Å². The average Bonchev–Trinajstić information content (AvgIpc) is 3.04. The highest BCUT2D eigenvalue weighted by Crippen LogP contribution is 2.23. The molecule has 0 unspecified atom stereocenters. The van der Waals surface area contributed by atoms with Gasteiger partial charge >= 0.3 is 0 Å². The molecular formula is C17H21N3O. The van der Waals surface area contributed by atoms with Crippen molar-refractivity contribution in [1.82, 2.24) is 15.1 Å². The predicted molar refractivity (Wildman–Crippen MR) is 82.5 cm³/mol. The standard InChI is InChI=1S/C17H21N3O/c1-13-3-7-15(8-4-13)19-17(21)14-5-9-16(10-6-14)20-12-2-11-18-20/h2,5-6,9-13,15H,3-4,7-8H2,1H3,(H,19,21). The number of hydrogen-bond donors (Lipinski definition) is 1. The summed E-state index contributed by atoms with van der Waals surface area (Å²) >= 11 is 0. The van der Waals surface area contributed by atoms with Crippen LogP contribution in [0.15, 0.2) is 42.7 Å². The molecule has 4 heteroatoms. The van der Waals surface area contributed by atoms with Crippen LogP contribution in [0.3, 0.4) is 0 Å². The first-order chi connectivity index (χ1) is 10.2. The van der Waals surface area contributed by atoms with E-state index in [1.807, 2.05) is 36.5 Å². The van der Waals surface area contributed by atoms with E-state index in [1.165, 1.54) is 12.8 Å². The molecule has 0 aliphatic heterocycles. The lowest BCUT2D eigenvalue weighted by Gasteiger charge is -2.26. The molecule has 1 fully saturated rings. The summed E-state index contributed by atoms with van der Waals surface area (Å²) in [5, 5.41) is 7.33. The molecule has 1 saturated carbocycles. The molecule has 0 spiro atoms. The van der Waals surface area contributed by atoms with Gasteiger partial charge in [0.2, 0.25) is 0 Å². The Hall–Kier alpha value is -2.10. The minimum atomic E-state index is 0.0292. The number of nitrogens with one attached hydrogen (secondary N) is 1. The molecule has 3 rings (SSSR count). The summed E-state index contributed by atoms with van der Waals surface area (Å²) in [5.74, 6) is 0.827. The van der Waals surface area contributed by atoms with Crippen molar-refractivity contribution in [2.24, 2.45) is 5.92 Å². The van der Waals surface area contributed by atoms with Crippen molar-refractivity contribution in [1.29, 1.82) is 0 Å². The molecule has 0 radical (unpaired) electrons. The highest BCUT2D eigenvalue weighted by Gasteiger charge is 2.20. The molecule has 1 aromatic heterocycles. The zero-order valence-electron chi connectivity index (χ0n) is 12.3. The van der Waals surface area contributed by atoms with E-state index in [-0.39, 0.29) is 5.91 Å². The third-order valence-corrected chi connectivity index (χ3v) is 4.25. The second-order valence-corrected chi connectivity index (χ2v) is 5.93. The summed E-state index contributed by atoms with van der Waals surface area (Å²) in [5.41, 5.74) is 1.67. The van der Waals surface area contributed by atoms with Crippen LogP contribution in [0.2, 0.25) is 0 Å². The Bertz CT molecular complexity index is 581. The molecule has 0 atom stereocenters. The van der Waals surface area contributed by atoms with E-state index in [9.17, 15) is 4.79 Å². The predicted octanol–water partition coefficient (Wildman–Crippen LogP) is 3.18. The number of aromatic nitrogens is 2. The first-order valence-electron chi connectivity index (χ1n) is 7.63. The van der Waals surface area contributed by atoms with Crippen molar-refractivity contribution >= 4 is 5.91 Å². The Balaban J connectivity index is 1.62. The molecule has 0 bridgehead atoms. The van der Waals surface area contributed by atoms with Crippen molar-refractivity contribution in [3.63, 3.8) is 0 Å². The van der Waals surface area contributed by atoms with Gasteiger partial charge in [-0.1, -0.05) is 6.92 Å². The Labute approximate surface area is 125 Å². The van der Waals surface area contributed by atoms with E-state index in [4.69, 9.17) is 0 Å². The lowest BCUT2D eigenvalue weighted by Crippen LogP contribution is -2.37. The van der Waals surface area contributed by atoms with Crippen molar-refractivity contribution in [2.45, 2.75) is 38.6 Å². The second-order valence-electron chi connectivity index (χ2n) is 5.93. The van der Waals surface area contributed by atoms with E-state index in [0.29, 0.717) is 11.6 Å². The highest BCUT2D eigenvalue weighted by atomic mass is 16.1. The summed E-state index contributed by atoms with van der Waals surface area (Å²) in [4.78, 5) is 12.3. The number of amides is 1. The molecule has 1 aliphatic carbocycles. The van der Waals surface area contributed by atoms with Gasteiger partial charge in [-0.15, -0.1) is 0 Å². The van der Waals surface area contributed by atoms with Crippen LogP contribution in [-0.2, 0) is 0 Å². The quantitative estimate of drug-likeness (QED) is 0.940. The van der Waals surface area contributed by atoms with Crippen LogP contribution in [0.5, 0.6) is 0 Å². The van der Waals surface area contributed by atoms with Gasteiger partial charge in [0.05, 0.1) is 5.69 Å². The number of hydrogen-bond acceptors (Lipinski definition) is 2. The van der Waals surface area contributed by atoms with Gasteiger partial charge in [0.25, 0.3) is 5.91 Å². The molecule has 4 nitrogen and oxygen atoms in total. The zero-order chi connectivity index (χ0) is 14.7. The van der Waals surface area contributed by atoms with E-state index < -0.39 is 0 Å². The fourth-order valence-electron chi connectivity index (χ4n) is 2.86. The van der Waals surface area contributed by atoms with Crippen molar-refractivity contribution < 1.29 is 4.79 Å². The lowest BCUT2D eigenvalue weighted by molar-refractivity contribution is 0.0923. The van der Waals surface area contributed by atoms with Crippen molar-refractivity contribution in [3.8, 4) is 5.69 Å². The summed E-state index contributed by atoms with van der Waals surface area (Å²) in [6.45, 7) is 2.28. The third-order valence-electron chi connectivity index (χ3n) is 4.25. The van der Waals surface area contributed by atoms with Gasteiger partial charge in [0.15, 0.2) is 0 Å². The first-order valence-corrected chi connectivity index (χ1v) is 7.63. The van der Waals surface area contributed by atoms with Gasteiger partial charge in [-0.2, -0.15) is 5.10 Å². The topological polar surface area (TPSA) is 46.9 Å². The van der Waals surface area contributed by atoms with E-state index in [2.05, 4.69) is 17.3 Å². The molecule has 2 aromatic rings. The Morgan fingerprint density at radius 1 is 1.19 bits per heavy atom. The van der Waals surface area contributed by atoms with Crippen LogP contribution in [0.1, 0.15) is 43.0 Å². The average molecular weight is 283 g/mol. The Morgan fingerprint density at radius 3 is 2.52 bits per heavy atom. The summed E-state index contributed by atoms with van der Waals surface area (Å²) in [6.07, 6.45) is 8.24. The van der Waals surface area contributed by atoms with Crippen molar-refractivity contribution in [2.75, 3.05) is 0 Å². The summed E-state index contributed by atoms with van der Waals surface area (Å²) < 4.78 is 1.78. The molecule has 1 heterocycles. The zero-order valence-corrected chi connectivity index (χ0v) is 12.3. The second kappa shape index (κ2) is 6.12. The monoisotopic (exact) mass is 283 g/mol. The molecule has 1 aromatic carbocycles. The lowest BCUT2D eigenvalue weighted by atomic mass is 9.87. The van der Waals surface area contributed by atoms with Crippen LogP contribution < -0.4 is 5.32 Å². The SMILES string of the molecule is CC1CCC(NC(=O)c2ccc(-n3cccn3)cc2)CC1. The molecule has 0 saturated heterocycles. The summed E-state index contributed by atoms with van der Waals surface area (Å²) in [7, 11) is 0. The fraction of sp³-hybridized carbons (Fsp3) is 0.412. The van der Waals surface area contributed by atoms with Gasteiger partial charge in [-0.25, -0.2) is 4.68 Å². The number of rotatable bonds is 3. The Kier molecular flexibility index (Phi) is 4.04. The number of carbonyl (C=O) groups excluding carboxylic acids is 1. The Morgan fingerprint density at radius 2 is 1.90 bits per heavy atom. The van der Waals surface area contributed by atoms with Gasteiger partial charge in [0, 0.05) is 24.0 Å². The molecule has 110 valence electrons. The molecule has 1 amide bonds. The molecule has 1 aliphatic rings. The fourth-order valence-corrected chi connectivity index (χ4v) is 2.86. The van der Waals surface area contributed by atoms with E-state index in [1.54, 1.807) is 10.9 Å². The minimum Gasteiger partial charge on any atom is -0.349 e.